The van der Waals surface area contributed by atoms with E-state index in [1.165, 1.54) is 14.2 Å². The Morgan fingerprint density at radius 3 is 2.46 bits per heavy atom. The van der Waals surface area contributed by atoms with Crippen LogP contribution in [0, 0.1) is 6.92 Å². The number of rotatable bonds is 6. The molecule has 0 spiro atoms. The number of carbonyl (C=O) groups excluding carboxylic acids is 1. The average molecular weight is 350 g/mol. The Labute approximate surface area is 146 Å². The number of hydrogen-bond acceptors (Lipinski definition) is 4. The van der Waals surface area contributed by atoms with Gasteiger partial charge in [0.2, 0.25) is 0 Å². The fourth-order valence-corrected chi connectivity index (χ4v) is 2.37. The summed E-state index contributed by atoms with van der Waals surface area (Å²) in [5.41, 5.74) is 1.52. The van der Waals surface area contributed by atoms with Gasteiger partial charge in [0, 0.05) is 12.1 Å². The van der Waals surface area contributed by atoms with Crippen molar-refractivity contribution in [2.24, 2.45) is 0 Å². The molecule has 0 heterocycles. The molecule has 2 aromatic rings. The summed E-state index contributed by atoms with van der Waals surface area (Å²) in [4.78, 5) is 12.4. The quantitative estimate of drug-likeness (QED) is 0.854. The topological polar surface area (TPSA) is 56.8 Å². The van der Waals surface area contributed by atoms with Gasteiger partial charge in [0.15, 0.2) is 6.10 Å². The number of ether oxygens (including phenoxy) is 3. The van der Waals surface area contributed by atoms with Gasteiger partial charge in [-0.2, -0.15) is 0 Å². The minimum absolute atomic E-state index is 0.306. The number of benzene rings is 2. The van der Waals surface area contributed by atoms with Gasteiger partial charge in [-0.15, -0.1) is 0 Å². The van der Waals surface area contributed by atoms with Crippen LogP contribution in [0.4, 0.5) is 5.69 Å². The average Bonchev–Trinajstić information content (AvgIpc) is 2.55. The van der Waals surface area contributed by atoms with Gasteiger partial charge in [0.05, 0.1) is 24.9 Å². The number of halogens is 1. The van der Waals surface area contributed by atoms with Crippen molar-refractivity contribution in [3.8, 4) is 17.2 Å². The van der Waals surface area contributed by atoms with E-state index in [9.17, 15) is 4.79 Å². The van der Waals surface area contributed by atoms with E-state index in [-0.39, 0.29) is 5.91 Å². The second-order valence-corrected chi connectivity index (χ2v) is 5.66. The van der Waals surface area contributed by atoms with Gasteiger partial charge in [-0.25, -0.2) is 0 Å². The van der Waals surface area contributed by atoms with Crippen LogP contribution in [0.3, 0.4) is 0 Å². The van der Waals surface area contributed by atoms with Crippen molar-refractivity contribution < 1.29 is 19.0 Å². The van der Waals surface area contributed by atoms with Crippen LogP contribution in [0.5, 0.6) is 17.2 Å². The molecule has 0 bridgehead atoms. The highest BCUT2D eigenvalue weighted by Gasteiger charge is 2.18. The van der Waals surface area contributed by atoms with E-state index in [0.717, 1.165) is 5.56 Å². The summed E-state index contributed by atoms with van der Waals surface area (Å²) in [6.07, 6.45) is -0.682. The predicted octanol–water partition coefficient (Wildman–Crippen LogP) is 4.07. The largest absolute Gasteiger partial charge is 0.495 e. The molecule has 0 radical (unpaired) electrons. The number of hydrogen-bond donors (Lipinski definition) is 1. The molecular weight excluding hydrogens is 330 g/mol. The first-order chi connectivity index (χ1) is 11.4. The fraction of sp³-hybridized carbons (Fsp3) is 0.278. The van der Waals surface area contributed by atoms with Crippen molar-refractivity contribution in [3.63, 3.8) is 0 Å². The Balaban J connectivity index is 2.13. The number of methoxy groups -OCH3 is 2. The minimum atomic E-state index is -0.682. The molecule has 0 aliphatic carbocycles. The summed E-state index contributed by atoms with van der Waals surface area (Å²) < 4.78 is 16.1. The van der Waals surface area contributed by atoms with E-state index in [4.69, 9.17) is 25.8 Å². The first-order valence-corrected chi connectivity index (χ1v) is 7.78. The van der Waals surface area contributed by atoms with Gasteiger partial charge < -0.3 is 19.5 Å². The van der Waals surface area contributed by atoms with Crippen LogP contribution in [0.2, 0.25) is 5.02 Å². The molecule has 1 N–H and O–H groups in total. The minimum Gasteiger partial charge on any atom is -0.495 e. The van der Waals surface area contributed by atoms with Gasteiger partial charge in [0.1, 0.15) is 17.2 Å². The third-order valence-electron chi connectivity index (χ3n) is 3.40. The molecule has 0 fully saturated rings. The van der Waals surface area contributed by atoms with Crippen molar-refractivity contribution in [3.05, 3.63) is 47.0 Å². The van der Waals surface area contributed by atoms with Gasteiger partial charge in [-0.05, 0) is 31.5 Å². The van der Waals surface area contributed by atoms with E-state index in [0.29, 0.717) is 28.0 Å². The molecule has 128 valence electrons. The van der Waals surface area contributed by atoms with Gasteiger partial charge in [-0.1, -0.05) is 23.7 Å². The lowest BCUT2D eigenvalue weighted by Gasteiger charge is -2.17. The molecule has 1 amide bonds. The maximum Gasteiger partial charge on any atom is 0.265 e. The van der Waals surface area contributed by atoms with Crippen molar-refractivity contribution in [2.45, 2.75) is 20.0 Å². The lowest BCUT2D eigenvalue weighted by molar-refractivity contribution is -0.122. The summed E-state index contributed by atoms with van der Waals surface area (Å²) >= 11 is 6.06. The van der Waals surface area contributed by atoms with Gasteiger partial charge in [-0.3, -0.25) is 4.79 Å². The Hall–Kier alpha value is -2.40. The van der Waals surface area contributed by atoms with E-state index >= 15 is 0 Å². The summed E-state index contributed by atoms with van der Waals surface area (Å²) in [5, 5.41) is 3.17. The zero-order chi connectivity index (χ0) is 17.7. The second kappa shape index (κ2) is 7.93. The zero-order valence-electron chi connectivity index (χ0n) is 14.1. The molecule has 6 heteroatoms. The third kappa shape index (κ3) is 4.32. The third-order valence-corrected chi connectivity index (χ3v) is 3.70. The number of carbonyl (C=O) groups is 1. The molecule has 0 saturated carbocycles. The lowest BCUT2D eigenvalue weighted by Crippen LogP contribution is -2.30. The molecule has 0 aliphatic heterocycles. The summed E-state index contributed by atoms with van der Waals surface area (Å²) in [5.74, 6) is 1.22. The molecule has 2 aromatic carbocycles. The van der Waals surface area contributed by atoms with Gasteiger partial charge in [0.25, 0.3) is 5.91 Å². The first-order valence-electron chi connectivity index (χ1n) is 7.40. The molecule has 1 atom stereocenters. The molecule has 24 heavy (non-hydrogen) atoms. The predicted molar refractivity (Wildman–Crippen MR) is 94.5 cm³/mol. The fourth-order valence-electron chi connectivity index (χ4n) is 2.14. The van der Waals surface area contributed by atoms with Crippen LogP contribution < -0.4 is 19.5 Å². The van der Waals surface area contributed by atoms with E-state index in [2.05, 4.69) is 5.32 Å². The SMILES string of the molecule is COc1cc(NC(=O)[C@@H](C)Oc2cccc(C)c2)c(OC)cc1Cl. The first kappa shape index (κ1) is 17.9. The smallest absolute Gasteiger partial charge is 0.265 e. The summed E-state index contributed by atoms with van der Waals surface area (Å²) in [6.45, 7) is 3.64. The van der Waals surface area contributed by atoms with Crippen molar-refractivity contribution >= 4 is 23.2 Å². The maximum atomic E-state index is 12.4. The number of nitrogens with one attached hydrogen (secondary N) is 1. The van der Waals surface area contributed by atoms with E-state index < -0.39 is 6.10 Å². The van der Waals surface area contributed by atoms with Crippen LogP contribution in [0.25, 0.3) is 0 Å². The monoisotopic (exact) mass is 349 g/mol. The lowest BCUT2D eigenvalue weighted by atomic mass is 10.2. The number of anilines is 1. The summed E-state index contributed by atoms with van der Waals surface area (Å²) in [6, 6.07) is 10.7. The van der Waals surface area contributed by atoms with Crippen molar-refractivity contribution in [1.29, 1.82) is 0 Å². The standard InChI is InChI=1S/C18H20ClNO4/c1-11-6-5-7-13(8-11)24-12(2)18(21)20-15-10-16(22-3)14(19)9-17(15)23-4/h5-10,12H,1-4H3,(H,20,21)/t12-/m1/s1. The van der Waals surface area contributed by atoms with Crippen molar-refractivity contribution in [2.75, 3.05) is 19.5 Å². The summed E-state index contributed by atoms with van der Waals surface area (Å²) in [7, 11) is 3.00. The van der Waals surface area contributed by atoms with Gasteiger partial charge >= 0.3 is 0 Å². The van der Waals surface area contributed by atoms with Crippen LogP contribution in [-0.4, -0.2) is 26.2 Å². The van der Waals surface area contributed by atoms with Crippen LogP contribution in [-0.2, 0) is 4.79 Å². The highest BCUT2D eigenvalue weighted by atomic mass is 35.5. The molecule has 0 aromatic heterocycles. The Morgan fingerprint density at radius 2 is 1.83 bits per heavy atom. The highest BCUT2D eigenvalue weighted by molar-refractivity contribution is 6.32. The van der Waals surface area contributed by atoms with E-state index in [1.54, 1.807) is 19.1 Å². The normalized spacial score (nSPS) is 11.5. The zero-order valence-corrected chi connectivity index (χ0v) is 14.8. The molecule has 0 unspecified atom stereocenters. The molecule has 0 saturated heterocycles. The second-order valence-electron chi connectivity index (χ2n) is 5.25. The maximum absolute atomic E-state index is 12.4. The molecule has 2 rings (SSSR count). The number of amides is 1. The molecule has 5 nitrogen and oxygen atoms in total. The molecule has 0 aliphatic rings. The van der Waals surface area contributed by atoms with E-state index in [1.807, 2.05) is 31.2 Å². The number of aryl methyl sites for hydroxylation is 1. The molecular formula is C18H20ClNO4. The Kier molecular flexibility index (Phi) is 5.93. The van der Waals surface area contributed by atoms with Crippen LogP contribution in [0.1, 0.15) is 12.5 Å². The highest BCUT2D eigenvalue weighted by Crippen LogP contribution is 2.36. The Morgan fingerprint density at radius 1 is 1.12 bits per heavy atom. The van der Waals surface area contributed by atoms with Crippen LogP contribution >= 0.6 is 11.6 Å². The van der Waals surface area contributed by atoms with Crippen LogP contribution in [0.15, 0.2) is 36.4 Å². The Bertz CT molecular complexity index is 733. The van der Waals surface area contributed by atoms with Crippen molar-refractivity contribution in [1.82, 2.24) is 0 Å².